The molecule has 94 valence electrons. The molecular weight excluding hydrogens is 240 g/mol. The Morgan fingerprint density at radius 3 is 3.00 bits per heavy atom. The fraction of sp³-hybridized carbons (Fsp3) is 0.600. The Morgan fingerprint density at radius 2 is 2.35 bits per heavy atom. The van der Waals surface area contributed by atoms with E-state index in [1.54, 1.807) is 12.3 Å². The summed E-state index contributed by atoms with van der Waals surface area (Å²) in [6.07, 6.45) is 2.32. The number of hydrogen-bond acceptors (Lipinski definition) is 6. The first-order valence-electron chi connectivity index (χ1n) is 5.52. The minimum absolute atomic E-state index is 0.0302. The second-order valence-electron chi connectivity index (χ2n) is 4.13. The van der Waals surface area contributed by atoms with Crippen molar-refractivity contribution >= 4 is 15.7 Å². The molecule has 0 radical (unpaired) electrons. The van der Waals surface area contributed by atoms with Crippen LogP contribution in [0.3, 0.4) is 0 Å². The number of hydrogen-bond donors (Lipinski definition) is 2. The molecule has 0 amide bonds. The van der Waals surface area contributed by atoms with E-state index in [0.717, 1.165) is 0 Å². The highest BCUT2D eigenvalue weighted by Crippen LogP contribution is 2.15. The third-order valence-electron chi connectivity index (χ3n) is 2.62. The van der Waals surface area contributed by atoms with Crippen LogP contribution in [0, 0.1) is 0 Å². The van der Waals surface area contributed by atoms with Gasteiger partial charge in [-0.15, -0.1) is 0 Å². The third-order valence-corrected chi connectivity index (χ3v) is 4.39. The van der Waals surface area contributed by atoms with E-state index in [2.05, 4.69) is 20.6 Å². The van der Waals surface area contributed by atoms with Crippen LogP contribution in [0.2, 0.25) is 0 Å². The Labute approximate surface area is 101 Å². The number of rotatable bonds is 4. The molecular formula is C10H16N4O2S. The van der Waals surface area contributed by atoms with E-state index in [0.29, 0.717) is 24.6 Å². The summed E-state index contributed by atoms with van der Waals surface area (Å²) in [5, 5.41) is 6.11. The molecule has 0 spiro atoms. The summed E-state index contributed by atoms with van der Waals surface area (Å²) < 4.78 is 22.6. The molecule has 1 aliphatic heterocycles. The summed E-state index contributed by atoms with van der Waals surface area (Å²) in [5.41, 5.74) is 0. The Balaban J connectivity index is 2.01. The monoisotopic (exact) mass is 256 g/mol. The lowest BCUT2D eigenvalue weighted by molar-refractivity contribution is 0.602. The number of sulfone groups is 1. The summed E-state index contributed by atoms with van der Waals surface area (Å²) in [4.78, 5) is 8.39. The van der Waals surface area contributed by atoms with Gasteiger partial charge in [0.05, 0.1) is 18.1 Å². The molecule has 7 heteroatoms. The molecule has 2 heterocycles. The molecule has 0 saturated carbocycles. The zero-order chi connectivity index (χ0) is 12.3. The maximum Gasteiger partial charge on any atom is 0.152 e. The topological polar surface area (TPSA) is 84.0 Å². The maximum atomic E-state index is 11.3. The standard InChI is InChI=1S/C10H16N4O2S/c1-11-6-10-12-4-2-9(14-10)13-8-3-5-17(15,16)7-8/h2,4,8,11H,3,5-7H2,1H3,(H,12,13,14). The first-order valence-corrected chi connectivity index (χ1v) is 7.35. The molecule has 0 aromatic carbocycles. The van der Waals surface area contributed by atoms with Crippen LogP contribution in [0.1, 0.15) is 12.2 Å². The van der Waals surface area contributed by atoms with Crippen LogP contribution in [0.15, 0.2) is 12.3 Å². The van der Waals surface area contributed by atoms with E-state index < -0.39 is 9.84 Å². The van der Waals surface area contributed by atoms with Crippen molar-refractivity contribution in [3.05, 3.63) is 18.1 Å². The number of nitrogens with zero attached hydrogens (tertiary/aromatic N) is 2. The van der Waals surface area contributed by atoms with Crippen LogP contribution >= 0.6 is 0 Å². The molecule has 6 nitrogen and oxygen atoms in total. The molecule has 1 atom stereocenters. The lowest BCUT2D eigenvalue weighted by Gasteiger charge is -2.11. The zero-order valence-corrected chi connectivity index (χ0v) is 10.5. The van der Waals surface area contributed by atoms with Gasteiger partial charge in [0, 0.05) is 12.2 Å². The quantitative estimate of drug-likeness (QED) is 0.776. The molecule has 1 aromatic rings. The van der Waals surface area contributed by atoms with Crippen molar-refractivity contribution in [3.8, 4) is 0 Å². The summed E-state index contributed by atoms with van der Waals surface area (Å²) in [7, 11) is -1.03. The van der Waals surface area contributed by atoms with Crippen molar-refractivity contribution < 1.29 is 8.42 Å². The second kappa shape index (κ2) is 4.97. The van der Waals surface area contributed by atoms with Gasteiger partial charge in [-0.1, -0.05) is 0 Å². The minimum atomic E-state index is -2.85. The van der Waals surface area contributed by atoms with Gasteiger partial charge in [0.25, 0.3) is 0 Å². The normalized spacial score (nSPS) is 22.5. The summed E-state index contributed by atoms with van der Waals surface area (Å²) in [6, 6.07) is 1.72. The van der Waals surface area contributed by atoms with Crippen molar-refractivity contribution in [1.29, 1.82) is 0 Å². The highest BCUT2D eigenvalue weighted by atomic mass is 32.2. The average Bonchev–Trinajstić information content (AvgIpc) is 2.59. The smallest absolute Gasteiger partial charge is 0.152 e. The average molecular weight is 256 g/mol. The van der Waals surface area contributed by atoms with Crippen molar-refractivity contribution in [2.45, 2.75) is 19.0 Å². The first-order chi connectivity index (χ1) is 8.09. The first kappa shape index (κ1) is 12.3. The van der Waals surface area contributed by atoms with E-state index >= 15 is 0 Å². The van der Waals surface area contributed by atoms with Gasteiger partial charge in [-0.25, -0.2) is 18.4 Å². The predicted molar refractivity (Wildman–Crippen MR) is 65.5 cm³/mol. The minimum Gasteiger partial charge on any atom is -0.366 e. The van der Waals surface area contributed by atoms with Crippen LogP contribution in [0.5, 0.6) is 0 Å². The molecule has 1 saturated heterocycles. The Bertz CT molecular complexity index is 489. The maximum absolute atomic E-state index is 11.3. The lowest BCUT2D eigenvalue weighted by atomic mass is 10.2. The van der Waals surface area contributed by atoms with Gasteiger partial charge in [0.15, 0.2) is 9.84 Å². The second-order valence-corrected chi connectivity index (χ2v) is 6.36. The third kappa shape index (κ3) is 3.37. The summed E-state index contributed by atoms with van der Waals surface area (Å²) >= 11 is 0. The molecule has 1 aliphatic rings. The fourth-order valence-electron chi connectivity index (χ4n) is 1.84. The van der Waals surface area contributed by atoms with Gasteiger partial charge in [-0.3, -0.25) is 0 Å². The molecule has 1 aromatic heterocycles. The molecule has 2 N–H and O–H groups in total. The molecule has 0 bridgehead atoms. The van der Waals surface area contributed by atoms with Gasteiger partial charge >= 0.3 is 0 Å². The van der Waals surface area contributed by atoms with Gasteiger partial charge < -0.3 is 10.6 Å². The van der Waals surface area contributed by atoms with Crippen molar-refractivity contribution in [2.24, 2.45) is 0 Å². The SMILES string of the molecule is CNCc1nccc(NC2CCS(=O)(=O)C2)n1. The van der Waals surface area contributed by atoms with Gasteiger partial charge in [-0.2, -0.15) is 0 Å². The Hall–Kier alpha value is -1.21. The van der Waals surface area contributed by atoms with E-state index in [1.807, 2.05) is 7.05 Å². The van der Waals surface area contributed by atoms with E-state index in [-0.39, 0.29) is 17.5 Å². The van der Waals surface area contributed by atoms with Crippen LogP contribution in [-0.2, 0) is 16.4 Å². The van der Waals surface area contributed by atoms with Crippen LogP contribution in [-0.4, -0.2) is 43.0 Å². The number of aromatic nitrogens is 2. The number of nitrogens with one attached hydrogen (secondary N) is 2. The van der Waals surface area contributed by atoms with Crippen molar-refractivity contribution in [3.63, 3.8) is 0 Å². The lowest BCUT2D eigenvalue weighted by Crippen LogP contribution is -2.22. The fourth-order valence-corrected chi connectivity index (χ4v) is 3.51. The highest BCUT2D eigenvalue weighted by Gasteiger charge is 2.27. The van der Waals surface area contributed by atoms with Crippen LogP contribution < -0.4 is 10.6 Å². The van der Waals surface area contributed by atoms with Crippen molar-refractivity contribution in [1.82, 2.24) is 15.3 Å². The van der Waals surface area contributed by atoms with Crippen LogP contribution in [0.25, 0.3) is 0 Å². The molecule has 17 heavy (non-hydrogen) atoms. The van der Waals surface area contributed by atoms with Gasteiger partial charge in [0.1, 0.15) is 11.6 Å². The van der Waals surface area contributed by atoms with Crippen molar-refractivity contribution in [2.75, 3.05) is 23.9 Å². The van der Waals surface area contributed by atoms with Crippen LogP contribution in [0.4, 0.5) is 5.82 Å². The molecule has 1 unspecified atom stereocenters. The summed E-state index contributed by atoms with van der Waals surface area (Å²) in [6.45, 7) is 0.596. The van der Waals surface area contributed by atoms with Gasteiger partial charge in [0.2, 0.25) is 0 Å². The zero-order valence-electron chi connectivity index (χ0n) is 9.68. The van der Waals surface area contributed by atoms with E-state index in [4.69, 9.17) is 0 Å². The largest absolute Gasteiger partial charge is 0.366 e. The highest BCUT2D eigenvalue weighted by molar-refractivity contribution is 7.91. The van der Waals surface area contributed by atoms with Gasteiger partial charge in [-0.05, 0) is 19.5 Å². The summed E-state index contributed by atoms with van der Waals surface area (Å²) in [5.74, 6) is 1.84. The van der Waals surface area contributed by atoms with E-state index in [9.17, 15) is 8.42 Å². The Morgan fingerprint density at radius 1 is 1.53 bits per heavy atom. The van der Waals surface area contributed by atoms with E-state index in [1.165, 1.54) is 0 Å². The predicted octanol–water partition coefficient (Wildman–Crippen LogP) is -0.205. The number of anilines is 1. The molecule has 2 rings (SSSR count). The Kier molecular flexibility index (Phi) is 3.58. The molecule has 0 aliphatic carbocycles. The molecule has 1 fully saturated rings.